The van der Waals surface area contributed by atoms with Crippen molar-refractivity contribution in [3.8, 4) is 0 Å². The van der Waals surface area contributed by atoms with E-state index in [-0.39, 0.29) is 0 Å². The number of hydrogen-bond donors (Lipinski definition) is 0. The molecule has 21 heavy (non-hydrogen) atoms. The van der Waals surface area contributed by atoms with Crippen molar-refractivity contribution in [2.24, 2.45) is 0 Å². The van der Waals surface area contributed by atoms with E-state index in [1.54, 1.807) is 0 Å². The monoisotopic (exact) mass is 446 g/mol. The van der Waals surface area contributed by atoms with Crippen molar-refractivity contribution in [2.45, 2.75) is 40.7 Å². The fourth-order valence-electron chi connectivity index (χ4n) is 1.36. The van der Waals surface area contributed by atoms with Gasteiger partial charge in [-0.1, -0.05) is 22.6 Å². The van der Waals surface area contributed by atoms with Gasteiger partial charge in [-0.25, -0.2) is 4.39 Å². The third-order valence-electron chi connectivity index (χ3n) is 2.49. The molecule has 0 fully saturated rings. The van der Waals surface area contributed by atoms with Gasteiger partial charge in [-0.3, -0.25) is 4.79 Å². The highest BCUT2D eigenvalue weighted by molar-refractivity contribution is 14.1. The molecule has 0 radical (unpaired) electrons. The van der Waals surface area contributed by atoms with Gasteiger partial charge in [0.05, 0.1) is 7.11 Å². The van der Waals surface area contributed by atoms with Gasteiger partial charge in [0.2, 0.25) is 0 Å². The molecular formula is C9H8F9IO2. The van der Waals surface area contributed by atoms with Gasteiger partial charge >= 0.3 is 24.2 Å². The van der Waals surface area contributed by atoms with E-state index in [2.05, 4.69) is 4.74 Å². The summed E-state index contributed by atoms with van der Waals surface area (Å²) in [5.74, 6) is -8.31. The molecule has 12 heteroatoms. The molecule has 0 aromatic rings. The number of alkyl halides is 10. The molecule has 0 saturated heterocycles. The molecule has 0 aliphatic heterocycles. The number of halogens is 10. The van der Waals surface area contributed by atoms with Crippen LogP contribution in [0.3, 0.4) is 0 Å². The van der Waals surface area contributed by atoms with E-state index >= 15 is 0 Å². The molecular weight excluding hydrogens is 438 g/mol. The molecule has 0 rings (SSSR count). The zero-order chi connectivity index (χ0) is 17.5. The Morgan fingerprint density at radius 3 is 1.57 bits per heavy atom. The maximum absolute atomic E-state index is 13.8. The molecule has 0 saturated carbocycles. The third-order valence-corrected chi connectivity index (χ3v) is 3.31. The molecule has 0 spiro atoms. The molecule has 0 aromatic heterocycles. The molecule has 2 atom stereocenters. The van der Waals surface area contributed by atoms with Gasteiger partial charge in [0, 0.05) is 6.42 Å². The lowest BCUT2D eigenvalue weighted by Crippen LogP contribution is -2.64. The average molecular weight is 446 g/mol. The fourth-order valence-corrected chi connectivity index (χ4v) is 2.10. The minimum Gasteiger partial charge on any atom is -0.468 e. The average Bonchev–Trinajstić information content (AvgIpc) is 2.23. The Hall–Kier alpha value is -0.430. The quantitative estimate of drug-likeness (QED) is 0.280. The van der Waals surface area contributed by atoms with Crippen LogP contribution in [-0.4, -0.2) is 40.4 Å². The topological polar surface area (TPSA) is 26.3 Å². The van der Waals surface area contributed by atoms with Crippen molar-refractivity contribution < 1.29 is 49.0 Å². The number of hydrogen-bond acceptors (Lipinski definition) is 2. The van der Waals surface area contributed by atoms with Crippen LogP contribution in [-0.2, 0) is 9.53 Å². The summed E-state index contributed by atoms with van der Waals surface area (Å²) in [6, 6.07) is 0. The van der Waals surface area contributed by atoms with Gasteiger partial charge in [-0.05, 0) is 6.92 Å². The van der Waals surface area contributed by atoms with E-state index in [0.717, 1.165) is 22.6 Å². The number of carbonyl (C=O) groups is 1. The van der Waals surface area contributed by atoms with Crippen LogP contribution in [0.4, 0.5) is 39.5 Å². The summed E-state index contributed by atoms with van der Waals surface area (Å²) in [4.78, 5) is 11.1. The second-order valence-electron chi connectivity index (χ2n) is 4.24. The first kappa shape index (κ1) is 20.6. The summed E-state index contributed by atoms with van der Waals surface area (Å²) in [7, 11) is 0.661. The fraction of sp³-hybridized carbons (Fsp3) is 0.889. The van der Waals surface area contributed by atoms with Crippen LogP contribution in [0.25, 0.3) is 0 Å². The van der Waals surface area contributed by atoms with Crippen molar-refractivity contribution in [1.29, 1.82) is 0 Å². The van der Waals surface area contributed by atoms with Gasteiger partial charge in [-0.2, -0.15) is 35.1 Å². The minimum absolute atomic E-state index is 0.548. The highest BCUT2D eigenvalue weighted by Gasteiger charge is 2.81. The molecule has 0 amide bonds. The number of esters is 1. The summed E-state index contributed by atoms with van der Waals surface area (Å²) in [5.41, 5.74) is -5.98. The Balaban J connectivity index is 6.00. The summed E-state index contributed by atoms with van der Waals surface area (Å²) < 4.78 is 115. The second-order valence-corrected chi connectivity index (χ2v) is 6.62. The predicted octanol–water partition coefficient (Wildman–Crippen LogP) is 4.21. The Labute approximate surface area is 126 Å². The van der Waals surface area contributed by atoms with E-state index in [4.69, 9.17) is 0 Å². The molecule has 2 nitrogen and oxygen atoms in total. The molecule has 0 aromatic carbocycles. The molecule has 126 valence electrons. The van der Waals surface area contributed by atoms with E-state index in [9.17, 15) is 44.3 Å². The lowest BCUT2D eigenvalue weighted by molar-refractivity contribution is -0.385. The standard InChI is InChI=1S/C9H8F9IO2/c1-5(19,4(20)21-2)3-6(10,8(13,14)15)7(11,12)9(16,17)18/h3H2,1-2H3. The number of carbonyl (C=O) groups excluding carboxylic acids is 1. The first-order valence-corrected chi connectivity index (χ1v) is 5.99. The molecule has 0 aliphatic rings. The smallest absolute Gasteiger partial charge is 0.457 e. The first-order chi connectivity index (χ1) is 8.94. The van der Waals surface area contributed by atoms with Gasteiger partial charge in [0.1, 0.15) is 3.42 Å². The van der Waals surface area contributed by atoms with Crippen LogP contribution >= 0.6 is 22.6 Å². The summed E-state index contributed by atoms with van der Waals surface area (Å²) in [5, 5.41) is 0. The third kappa shape index (κ3) is 3.67. The first-order valence-electron chi connectivity index (χ1n) is 4.91. The summed E-state index contributed by atoms with van der Waals surface area (Å²) in [6.45, 7) is 0.548. The molecule has 0 bridgehead atoms. The predicted molar refractivity (Wildman–Crippen MR) is 60.0 cm³/mol. The molecule has 0 heterocycles. The minimum atomic E-state index is -6.79. The van der Waals surface area contributed by atoms with Crippen molar-refractivity contribution in [1.82, 2.24) is 0 Å². The van der Waals surface area contributed by atoms with Crippen LogP contribution in [0, 0.1) is 0 Å². The van der Waals surface area contributed by atoms with Crippen molar-refractivity contribution in [3.63, 3.8) is 0 Å². The molecule has 2 unspecified atom stereocenters. The number of methoxy groups -OCH3 is 1. The molecule has 0 aliphatic carbocycles. The summed E-state index contributed by atoms with van der Waals surface area (Å²) in [6.07, 6.45) is -15.8. The number of rotatable bonds is 4. The largest absolute Gasteiger partial charge is 0.468 e. The van der Waals surface area contributed by atoms with Gasteiger partial charge in [-0.15, -0.1) is 0 Å². The van der Waals surface area contributed by atoms with E-state index < -0.39 is 39.8 Å². The highest BCUT2D eigenvalue weighted by Crippen LogP contribution is 2.56. The van der Waals surface area contributed by atoms with Gasteiger partial charge in [0.15, 0.2) is 0 Å². The molecule has 0 N–H and O–H groups in total. The zero-order valence-corrected chi connectivity index (χ0v) is 12.5. The highest BCUT2D eigenvalue weighted by atomic mass is 127. The van der Waals surface area contributed by atoms with E-state index in [1.807, 2.05) is 0 Å². The lowest BCUT2D eigenvalue weighted by atomic mass is 9.86. The van der Waals surface area contributed by atoms with Crippen molar-refractivity contribution in [3.05, 3.63) is 0 Å². The Bertz CT molecular complexity index is 401. The van der Waals surface area contributed by atoms with Gasteiger partial charge < -0.3 is 4.74 Å². The second kappa shape index (κ2) is 5.65. The van der Waals surface area contributed by atoms with Crippen LogP contribution in [0.1, 0.15) is 13.3 Å². The van der Waals surface area contributed by atoms with Gasteiger partial charge in [0.25, 0.3) is 5.67 Å². The van der Waals surface area contributed by atoms with Crippen molar-refractivity contribution in [2.75, 3.05) is 7.11 Å². The maximum atomic E-state index is 13.8. The van der Waals surface area contributed by atoms with Crippen LogP contribution < -0.4 is 0 Å². The Kier molecular flexibility index (Phi) is 5.53. The lowest BCUT2D eigenvalue weighted by Gasteiger charge is -2.38. The Morgan fingerprint density at radius 2 is 1.33 bits per heavy atom. The summed E-state index contributed by atoms with van der Waals surface area (Å²) >= 11 is 0.820. The van der Waals surface area contributed by atoms with Crippen LogP contribution in [0.2, 0.25) is 0 Å². The SMILES string of the molecule is COC(=O)C(C)(I)CC(F)(C(F)(F)F)C(F)(F)C(F)(F)F. The zero-order valence-electron chi connectivity index (χ0n) is 10.3. The normalized spacial score (nSPS) is 19.6. The van der Waals surface area contributed by atoms with E-state index in [0.29, 0.717) is 14.0 Å². The van der Waals surface area contributed by atoms with Crippen LogP contribution in [0.15, 0.2) is 0 Å². The number of ether oxygens (including phenoxy) is 1. The van der Waals surface area contributed by atoms with Crippen molar-refractivity contribution >= 4 is 28.6 Å². The Morgan fingerprint density at radius 1 is 0.952 bits per heavy atom. The van der Waals surface area contributed by atoms with E-state index in [1.165, 1.54) is 0 Å². The maximum Gasteiger partial charge on any atom is 0.457 e. The van der Waals surface area contributed by atoms with Crippen LogP contribution in [0.5, 0.6) is 0 Å².